The number of nitro groups is 2. The summed E-state index contributed by atoms with van der Waals surface area (Å²) in [7, 11) is -6.03. The summed E-state index contributed by atoms with van der Waals surface area (Å²) < 4.78 is 50.9. The Morgan fingerprint density at radius 2 is 1.42 bits per heavy atom. The maximum absolute atomic E-state index is 12.4. The zero-order valence-corrected chi connectivity index (χ0v) is 33.1. The second kappa shape index (κ2) is 16.7. The SMILES string of the molecule is CC[C@@H]1CC(CS(=O)(=O)C2CC2)C[C@@H]1Nc1c([N+](=O)[O-])cnc2[nH]ccc12.CC[C@@H]1C[C@H](NS(=O)(=O)C2CC2)C[C@@H]1N.O=[N+]([O-])c1cnc2[nH]ccc2c1Cl. The maximum atomic E-state index is 12.4. The lowest BCUT2D eigenvalue weighted by Crippen LogP contribution is -2.36. The van der Waals surface area contributed by atoms with Crippen LogP contribution in [-0.4, -0.2) is 81.0 Å². The average Bonchev–Trinajstić information content (AvgIpc) is 4.00. The van der Waals surface area contributed by atoms with E-state index in [1.165, 1.54) is 6.20 Å². The van der Waals surface area contributed by atoms with Gasteiger partial charge in [-0.05, 0) is 81.3 Å². The molecule has 8 rings (SSSR count). The molecular formula is C35H48ClN9O8S2. The van der Waals surface area contributed by atoms with E-state index in [1.54, 1.807) is 24.5 Å². The summed E-state index contributed by atoms with van der Waals surface area (Å²) in [6.45, 7) is 4.20. The molecule has 6 atom stereocenters. The third-order valence-corrected chi connectivity index (χ3v) is 16.0. The third-order valence-electron chi connectivity index (χ3n) is 11.2. The highest BCUT2D eigenvalue weighted by atomic mass is 35.5. The van der Waals surface area contributed by atoms with Crippen LogP contribution in [0.2, 0.25) is 5.02 Å². The van der Waals surface area contributed by atoms with Crippen molar-refractivity contribution < 1.29 is 26.7 Å². The number of pyridine rings is 2. The summed E-state index contributed by atoms with van der Waals surface area (Å²) in [4.78, 5) is 34.7. The molecule has 4 aromatic rings. The van der Waals surface area contributed by atoms with E-state index in [9.17, 15) is 37.1 Å². The van der Waals surface area contributed by atoms with Crippen molar-refractivity contribution in [3.8, 4) is 0 Å². The smallest absolute Gasteiger partial charge is 0.311 e. The molecule has 4 aliphatic carbocycles. The molecule has 0 radical (unpaired) electrons. The van der Waals surface area contributed by atoms with Crippen molar-refractivity contribution in [1.29, 1.82) is 0 Å². The van der Waals surface area contributed by atoms with E-state index in [0.717, 1.165) is 70.4 Å². The van der Waals surface area contributed by atoms with Crippen LogP contribution in [0.25, 0.3) is 22.1 Å². The predicted molar refractivity (Wildman–Crippen MR) is 211 cm³/mol. The summed E-state index contributed by atoms with van der Waals surface area (Å²) >= 11 is 5.78. The zero-order chi connectivity index (χ0) is 39.7. The zero-order valence-electron chi connectivity index (χ0n) is 30.7. The second-order valence-electron chi connectivity index (χ2n) is 15.1. The first kappa shape index (κ1) is 40.7. The molecule has 4 aromatic heterocycles. The predicted octanol–water partition coefficient (Wildman–Crippen LogP) is 5.97. The number of fused-ring (bicyclic) bond motifs is 2. The quantitative estimate of drug-likeness (QED) is 0.0817. The fourth-order valence-corrected chi connectivity index (χ4v) is 11.8. The Labute approximate surface area is 324 Å². The van der Waals surface area contributed by atoms with E-state index < -0.39 is 29.7 Å². The van der Waals surface area contributed by atoms with E-state index in [-0.39, 0.29) is 56.7 Å². The monoisotopic (exact) mass is 821 g/mol. The summed E-state index contributed by atoms with van der Waals surface area (Å²) in [5.74, 6) is 1.13. The van der Waals surface area contributed by atoms with Crippen molar-refractivity contribution in [3.63, 3.8) is 0 Å². The van der Waals surface area contributed by atoms with Gasteiger partial charge in [-0.15, -0.1) is 0 Å². The number of sulfonamides is 1. The number of rotatable bonds is 12. The van der Waals surface area contributed by atoms with E-state index in [1.807, 2.05) is 0 Å². The number of hydrogen-bond donors (Lipinski definition) is 5. The van der Waals surface area contributed by atoms with Crippen LogP contribution in [0.1, 0.15) is 78.1 Å². The number of aromatic nitrogens is 4. The lowest BCUT2D eigenvalue weighted by molar-refractivity contribution is -0.384. The number of nitrogens with two attached hydrogens (primary N) is 1. The molecule has 17 nitrogen and oxygen atoms in total. The van der Waals surface area contributed by atoms with Crippen molar-refractivity contribution in [2.75, 3.05) is 11.1 Å². The van der Waals surface area contributed by atoms with Crippen molar-refractivity contribution in [2.24, 2.45) is 23.5 Å². The average molecular weight is 822 g/mol. The topological polar surface area (TPSA) is 262 Å². The van der Waals surface area contributed by atoms with E-state index >= 15 is 0 Å². The molecule has 300 valence electrons. The highest BCUT2D eigenvalue weighted by Crippen LogP contribution is 2.41. The minimum Gasteiger partial charge on any atom is -0.376 e. The van der Waals surface area contributed by atoms with E-state index in [0.29, 0.717) is 39.6 Å². The first-order chi connectivity index (χ1) is 26.1. The summed E-state index contributed by atoms with van der Waals surface area (Å²) in [5.41, 5.74) is 7.36. The Kier molecular flexibility index (Phi) is 12.4. The molecule has 6 N–H and O–H groups in total. The van der Waals surface area contributed by atoms with Crippen LogP contribution in [0.4, 0.5) is 17.1 Å². The maximum Gasteiger partial charge on any atom is 0.311 e. The minimum atomic E-state index is -3.03. The highest BCUT2D eigenvalue weighted by molar-refractivity contribution is 7.92. The number of hydrogen-bond acceptors (Lipinski definition) is 12. The Bertz CT molecular complexity index is 2240. The van der Waals surface area contributed by atoms with Gasteiger partial charge in [0.2, 0.25) is 10.0 Å². The molecule has 0 spiro atoms. The molecule has 4 aliphatic rings. The van der Waals surface area contributed by atoms with Gasteiger partial charge in [0.1, 0.15) is 34.4 Å². The van der Waals surface area contributed by atoms with Crippen LogP contribution < -0.4 is 15.8 Å². The van der Waals surface area contributed by atoms with Crippen LogP contribution in [0.3, 0.4) is 0 Å². The van der Waals surface area contributed by atoms with Crippen LogP contribution in [-0.2, 0) is 19.9 Å². The summed E-state index contributed by atoms with van der Waals surface area (Å²) in [6, 6.07) is 3.70. The van der Waals surface area contributed by atoms with Crippen LogP contribution >= 0.6 is 11.6 Å². The molecule has 55 heavy (non-hydrogen) atoms. The van der Waals surface area contributed by atoms with Gasteiger partial charge in [-0.2, -0.15) is 0 Å². The first-order valence-corrected chi connectivity index (χ1v) is 22.4. The number of nitrogens with zero attached hydrogens (tertiary/aromatic N) is 4. The Balaban J connectivity index is 0.000000155. The van der Waals surface area contributed by atoms with Gasteiger partial charge in [-0.1, -0.05) is 38.3 Å². The van der Waals surface area contributed by atoms with E-state index in [4.69, 9.17) is 17.3 Å². The highest BCUT2D eigenvalue weighted by Gasteiger charge is 2.42. The standard InChI is InChI=1S/C18H24N4O4S.C10H20N2O2S.C7H4ClN3O2/c1-2-12-7-11(10-27(25,26)13-3-4-13)8-15(12)21-17-14-5-6-19-18(14)20-9-16(17)22(23)24;1-2-7-5-8(6-10(7)11)12-15(13,14)9-3-4-9;8-6-4-1-2-9-7(4)10-3-5(6)11(12)13/h5-6,9,11-13,15H,2-4,7-8,10H2,1H3,(H2,19,20,21);7-10,12H,2-6,11H2,1H3;1-3H,(H,9,10)/t11?,12-,15+;7-,8+,10+;/m11./s1. The summed E-state index contributed by atoms with van der Waals surface area (Å²) in [6.07, 6.45) is 14.2. The first-order valence-electron chi connectivity index (χ1n) is 18.7. The van der Waals surface area contributed by atoms with Crippen molar-refractivity contribution in [1.82, 2.24) is 24.7 Å². The normalized spacial score (nSPS) is 25.2. The minimum absolute atomic E-state index is 0.0219. The van der Waals surface area contributed by atoms with Crippen LogP contribution in [0, 0.1) is 38.0 Å². The van der Waals surface area contributed by atoms with Crippen molar-refractivity contribution in [3.05, 3.63) is 62.2 Å². The molecule has 0 aliphatic heterocycles. The Morgan fingerprint density at radius 1 is 0.836 bits per heavy atom. The lowest BCUT2D eigenvalue weighted by atomic mass is 10.00. The summed E-state index contributed by atoms with van der Waals surface area (Å²) in [5, 5.41) is 26.5. The Morgan fingerprint density at radius 3 is 1.98 bits per heavy atom. The van der Waals surface area contributed by atoms with Gasteiger partial charge >= 0.3 is 11.4 Å². The Hall–Kier alpha value is -3.91. The van der Waals surface area contributed by atoms with Gasteiger partial charge in [0, 0.05) is 41.3 Å². The van der Waals surface area contributed by atoms with Gasteiger partial charge in [-0.25, -0.2) is 31.5 Å². The van der Waals surface area contributed by atoms with Gasteiger partial charge in [0.05, 0.1) is 26.1 Å². The van der Waals surface area contributed by atoms with Gasteiger partial charge in [0.15, 0.2) is 9.84 Å². The molecule has 4 saturated carbocycles. The molecule has 0 saturated heterocycles. The van der Waals surface area contributed by atoms with Gasteiger partial charge < -0.3 is 21.0 Å². The number of anilines is 1. The molecule has 0 amide bonds. The van der Waals surface area contributed by atoms with Gasteiger partial charge in [0.25, 0.3) is 0 Å². The molecule has 0 aromatic carbocycles. The number of nitrogens with one attached hydrogen (secondary N) is 4. The largest absolute Gasteiger partial charge is 0.376 e. The molecule has 4 heterocycles. The van der Waals surface area contributed by atoms with Crippen LogP contribution in [0.5, 0.6) is 0 Å². The molecule has 0 bridgehead atoms. The number of aromatic amines is 2. The number of halogens is 1. The van der Waals surface area contributed by atoms with Gasteiger partial charge in [-0.3, -0.25) is 20.2 Å². The third kappa shape index (κ3) is 9.56. The molecule has 20 heteroatoms. The molecular weight excluding hydrogens is 774 g/mol. The van der Waals surface area contributed by atoms with Crippen molar-refractivity contribution >= 4 is 70.6 Å². The second-order valence-corrected chi connectivity index (χ2v) is 19.8. The van der Waals surface area contributed by atoms with Crippen LogP contribution in [0.15, 0.2) is 36.9 Å². The molecule has 4 fully saturated rings. The number of H-pyrrole nitrogens is 2. The fourth-order valence-electron chi connectivity index (χ4n) is 7.89. The van der Waals surface area contributed by atoms with Crippen molar-refractivity contribution in [2.45, 2.75) is 107 Å². The van der Waals surface area contributed by atoms with E-state index in [2.05, 4.69) is 43.8 Å². The lowest BCUT2D eigenvalue weighted by Gasteiger charge is -2.21. The number of sulfone groups is 1. The molecule has 1 unspecified atom stereocenters. The fraction of sp³-hybridized carbons (Fsp3) is 0.600.